The molecule has 0 saturated heterocycles. The summed E-state index contributed by atoms with van der Waals surface area (Å²) >= 11 is 0. The molecular weight excluding hydrogens is 426 g/mol. The van der Waals surface area contributed by atoms with Crippen LogP contribution in [0.2, 0.25) is 0 Å². The number of amides is 1. The quantitative estimate of drug-likeness (QED) is 0.357. The number of carbonyl (C=O) groups excluding carboxylic acids is 1. The predicted octanol–water partition coefficient (Wildman–Crippen LogP) is 0.547. The van der Waals surface area contributed by atoms with E-state index in [9.17, 15) is 13.2 Å². The standard InChI is InChI=1S/C22H31N5O3S.CH4/c1-14(2)27(24-8-9-25-31(4,29)30)22(28)16-10-18-17-6-5-7-19-21(17)15(12-23-19)11-20(18)26(3)13-16;/h5-7,10,12,14,16,20,23-25H,8-9,11,13H2,1-4H3;1H4/p+1/t16-,20?;/m1./s1. The van der Waals surface area contributed by atoms with E-state index in [1.54, 1.807) is 5.01 Å². The van der Waals surface area contributed by atoms with Gasteiger partial charge in [-0.1, -0.05) is 25.6 Å². The Balaban J connectivity index is 0.00000289. The van der Waals surface area contributed by atoms with Gasteiger partial charge in [-0.25, -0.2) is 18.6 Å². The lowest BCUT2D eigenvalue weighted by Crippen LogP contribution is -3.15. The van der Waals surface area contributed by atoms with Crippen LogP contribution in [0.3, 0.4) is 0 Å². The average Bonchev–Trinajstić information content (AvgIpc) is 3.11. The van der Waals surface area contributed by atoms with Crippen molar-refractivity contribution in [3.8, 4) is 0 Å². The van der Waals surface area contributed by atoms with Crippen molar-refractivity contribution in [2.75, 3.05) is 32.9 Å². The monoisotopic (exact) mass is 462 g/mol. The van der Waals surface area contributed by atoms with Crippen molar-refractivity contribution in [2.45, 2.75) is 39.8 Å². The smallest absolute Gasteiger partial charge is 0.249 e. The molecule has 0 fully saturated rings. The summed E-state index contributed by atoms with van der Waals surface area (Å²) in [6.45, 7) is 5.22. The van der Waals surface area contributed by atoms with Gasteiger partial charge in [-0.3, -0.25) is 9.80 Å². The topological polar surface area (TPSA) is 98.7 Å². The molecule has 1 aromatic heterocycles. The number of benzene rings is 1. The number of rotatable bonds is 7. The zero-order valence-corrected chi connectivity index (χ0v) is 19.3. The Labute approximate surface area is 191 Å². The van der Waals surface area contributed by atoms with Crippen LogP contribution in [-0.2, 0) is 21.2 Å². The maximum atomic E-state index is 13.4. The summed E-state index contributed by atoms with van der Waals surface area (Å²) in [6.07, 6.45) is 6.38. The number of fused-ring (bicyclic) bond motifs is 2. The van der Waals surface area contributed by atoms with Crippen molar-refractivity contribution in [3.05, 3.63) is 41.6 Å². The molecule has 0 spiro atoms. The highest BCUT2D eigenvalue weighted by Crippen LogP contribution is 2.37. The number of quaternary nitrogens is 1. The third-order valence-electron chi connectivity index (χ3n) is 6.26. The minimum absolute atomic E-state index is 0. The van der Waals surface area contributed by atoms with Crippen molar-refractivity contribution >= 4 is 32.4 Å². The van der Waals surface area contributed by atoms with Gasteiger partial charge in [-0.2, -0.15) is 0 Å². The maximum Gasteiger partial charge on any atom is 0.249 e. The molecular formula is C23H36N5O3S+. The second-order valence-corrected chi connectivity index (χ2v) is 10.8. The zero-order valence-electron chi connectivity index (χ0n) is 18.5. The van der Waals surface area contributed by atoms with Gasteiger partial charge >= 0.3 is 0 Å². The molecule has 176 valence electrons. The van der Waals surface area contributed by atoms with E-state index in [2.05, 4.69) is 52.7 Å². The van der Waals surface area contributed by atoms with E-state index in [1.807, 2.05) is 13.8 Å². The Kier molecular flexibility index (Phi) is 7.14. The fourth-order valence-corrected chi connectivity index (χ4v) is 5.32. The summed E-state index contributed by atoms with van der Waals surface area (Å²) in [5.74, 6) is -0.216. The summed E-state index contributed by atoms with van der Waals surface area (Å²) in [7, 11) is -1.09. The summed E-state index contributed by atoms with van der Waals surface area (Å²) in [5.41, 5.74) is 8.09. The Morgan fingerprint density at radius 3 is 2.75 bits per heavy atom. The second-order valence-electron chi connectivity index (χ2n) is 8.95. The van der Waals surface area contributed by atoms with Crippen molar-refractivity contribution < 1.29 is 18.1 Å². The molecule has 32 heavy (non-hydrogen) atoms. The lowest BCUT2D eigenvalue weighted by Gasteiger charge is -2.38. The third-order valence-corrected chi connectivity index (χ3v) is 6.99. The number of nitrogens with one attached hydrogen (secondary N) is 4. The summed E-state index contributed by atoms with van der Waals surface area (Å²) in [6, 6.07) is 6.62. The second kappa shape index (κ2) is 9.35. The highest BCUT2D eigenvalue weighted by molar-refractivity contribution is 7.88. The number of hydrazine groups is 1. The lowest BCUT2D eigenvalue weighted by atomic mass is 9.79. The van der Waals surface area contributed by atoms with Crippen LogP contribution in [0.25, 0.3) is 16.5 Å². The van der Waals surface area contributed by atoms with Crippen LogP contribution in [0.1, 0.15) is 32.4 Å². The molecule has 4 rings (SSSR count). The molecule has 3 atom stereocenters. The van der Waals surface area contributed by atoms with Crippen LogP contribution in [-0.4, -0.2) is 69.3 Å². The summed E-state index contributed by atoms with van der Waals surface area (Å²) in [4.78, 5) is 18.2. The van der Waals surface area contributed by atoms with Gasteiger partial charge in [0.2, 0.25) is 15.9 Å². The Bertz CT molecular complexity index is 1120. The van der Waals surface area contributed by atoms with Crippen molar-refractivity contribution in [1.82, 2.24) is 20.1 Å². The maximum absolute atomic E-state index is 13.4. The largest absolute Gasteiger partial charge is 0.361 e. The molecule has 1 aromatic carbocycles. The fraction of sp³-hybridized carbons (Fsp3) is 0.522. The van der Waals surface area contributed by atoms with Crippen LogP contribution in [0.5, 0.6) is 0 Å². The Hall–Kier alpha value is -2.20. The van der Waals surface area contributed by atoms with Gasteiger partial charge in [0.05, 0.1) is 19.8 Å². The first-order chi connectivity index (χ1) is 14.7. The minimum Gasteiger partial charge on any atom is -0.361 e. The van der Waals surface area contributed by atoms with E-state index < -0.39 is 10.0 Å². The van der Waals surface area contributed by atoms with Crippen LogP contribution in [0.15, 0.2) is 30.5 Å². The summed E-state index contributed by atoms with van der Waals surface area (Å²) in [5, 5.41) is 2.92. The Morgan fingerprint density at radius 2 is 2.06 bits per heavy atom. The molecule has 9 heteroatoms. The number of nitrogens with zero attached hydrogens (tertiary/aromatic N) is 1. The van der Waals surface area contributed by atoms with Crippen LogP contribution >= 0.6 is 0 Å². The molecule has 2 unspecified atom stereocenters. The van der Waals surface area contributed by atoms with Crippen molar-refractivity contribution in [2.24, 2.45) is 5.92 Å². The first-order valence-electron chi connectivity index (χ1n) is 10.8. The van der Waals surface area contributed by atoms with E-state index >= 15 is 0 Å². The van der Waals surface area contributed by atoms with Gasteiger partial charge in [0, 0.05) is 48.2 Å². The Morgan fingerprint density at radius 1 is 1.31 bits per heavy atom. The molecule has 1 aliphatic heterocycles. The molecule has 0 saturated carbocycles. The molecule has 2 aromatic rings. The molecule has 8 nitrogen and oxygen atoms in total. The van der Waals surface area contributed by atoms with Gasteiger partial charge < -0.3 is 9.88 Å². The molecule has 2 aliphatic rings. The van der Waals surface area contributed by atoms with Crippen LogP contribution in [0, 0.1) is 5.92 Å². The highest BCUT2D eigenvalue weighted by Gasteiger charge is 2.40. The molecule has 4 N–H and O–H groups in total. The minimum atomic E-state index is -3.25. The van der Waals surface area contributed by atoms with E-state index in [4.69, 9.17) is 0 Å². The third kappa shape index (κ3) is 4.76. The molecule has 0 bridgehead atoms. The molecule has 0 radical (unpaired) electrons. The number of hydrogen-bond donors (Lipinski definition) is 4. The van der Waals surface area contributed by atoms with Gasteiger partial charge in [0.1, 0.15) is 12.0 Å². The first kappa shape index (κ1) is 24.4. The number of aromatic nitrogens is 1. The predicted molar refractivity (Wildman–Crippen MR) is 129 cm³/mol. The number of aromatic amines is 1. The van der Waals surface area contributed by atoms with Gasteiger partial charge in [0.15, 0.2) is 0 Å². The summed E-state index contributed by atoms with van der Waals surface area (Å²) < 4.78 is 25.0. The van der Waals surface area contributed by atoms with E-state index in [1.165, 1.54) is 27.0 Å². The number of carbonyl (C=O) groups is 1. The van der Waals surface area contributed by atoms with E-state index in [0.717, 1.165) is 24.7 Å². The average molecular weight is 463 g/mol. The molecule has 1 aliphatic carbocycles. The number of likely N-dealkylation sites (N-methyl/N-ethyl adjacent to an activating group) is 1. The highest BCUT2D eigenvalue weighted by atomic mass is 32.2. The van der Waals surface area contributed by atoms with Crippen LogP contribution < -0.4 is 15.0 Å². The SMILES string of the molecule is C.CC(C)N(NCCNS(C)(=O)=O)C(=O)[C@@H]1C=C2c3cccc4[nH]cc(c34)CC2[NH+](C)C1. The lowest BCUT2D eigenvalue weighted by molar-refractivity contribution is -0.900. The van der Waals surface area contributed by atoms with Crippen molar-refractivity contribution in [1.29, 1.82) is 0 Å². The van der Waals surface area contributed by atoms with Gasteiger partial charge in [-0.05, 0) is 31.0 Å². The zero-order chi connectivity index (χ0) is 22.3. The first-order valence-corrected chi connectivity index (χ1v) is 12.7. The van der Waals surface area contributed by atoms with E-state index in [-0.39, 0.29) is 31.8 Å². The fourth-order valence-electron chi connectivity index (χ4n) is 4.85. The van der Waals surface area contributed by atoms with Crippen molar-refractivity contribution in [3.63, 3.8) is 0 Å². The van der Waals surface area contributed by atoms with Crippen LogP contribution in [0.4, 0.5) is 0 Å². The number of H-pyrrole nitrogens is 1. The number of hydrogen-bond acceptors (Lipinski definition) is 4. The molecule has 1 amide bonds. The van der Waals surface area contributed by atoms with Gasteiger partial charge in [-0.15, -0.1) is 0 Å². The van der Waals surface area contributed by atoms with Gasteiger partial charge in [0.25, 0.3) is 0 Å². The molecule has 2 heterocycles. The number of sulfonamides is 1. The van der Waals surface area contributed by atoms with E-state index in [0.29, 0.717) is 12.6 Å². The normalized spacial score (nSPS) is 22.3.